The SMILES string of the molecule is CC(=O)O.COC([CH2][Hg])CNC(=O)CNC(=O)c1ccccc1. The number of hydrogen-bond donors (Lipinski definition) is 3. The van der Waals surface area contributed by atoms with E-state index in [2.05, 4.69) is 10.6 Å². The van der Waals surface area contributed by atoms with Crippen LogP contribution in [0.1, 0.15) is 17.3 Å². The van der Waals surface area contributed by atoms with Crippen molar-refractivity contribution in [1.29, 1.82) is 0 Å². The van der Waals surface area contributed by atoms with Gasteiger partial charge in [-0.2, -0.15) is 0 Å². The Morgan fingerprint density at radius 2 is 1.78 bits per heavy atom. The minimum absolute atomic E-state index is 0.0180. The van der Waals surface area contributed by atoms with Crippen LogP contribution < -0.4 is 10.6 Å². The first kappa shape index (κ1) is 21.5. The van der Waals surface area contributed by atoms with Crippen molar-refractivity contribution in [3.8, 4) is 0 Å². The number of carbonyl (C=O) groups is 3. The number of hydrogen-bond acceptors (Lipinski definition) is 4. The van der Waals surface area contributed by atoms with Crippen LogP contribution >= 0.6 is 0 Å². The number of aliphatic carboxylic acids is 1. The summed E-state index contributed by atoms with van der Waals surface area (Å²) in [6.07, 6.45) is 0.0945. The fourth-order valence-electron chi connectivity index (χ4n) is 1.45. The van der Waals surface area contributed by atoms with E-state index in [-0.39, 0.29) is 24.5 Å². The number of amides is 2. The molecule has 0 aromatic heterocycles. The van der Waals surface area contributed by atoms with Gasteiger partial charge in [-0.3, -0.25) is 4.79 Å². The number of nitrogens with one attached hydrogen (secondary N) is 2. The van der Waals surface area contributed by atoms with E-state index >= 15 is 0 Å². The average molecular weight is 510 g/mol. The Bertz CT molecular complexity index is 488. The molecule has 0 aliphatic heterocycles. The Balaban J connectivity index is 0.00000108. The molecule has 123 valence electrons. The van der Waals surface area contributed by atoms with E-state index in [0.717, 1.165) is 10.9 Å². The van der Waals surface area contributed by atoms with Gasteiger partial charge in [-0.25, -0.2) is 0 Å². The second-order valence-corrected chi connectivity index (χ2v) is 6.76. The molecule has 7 nitrogen and oxygen atoms in total. The zero-order valence-electron chi connectivity index (χ0n) is 13.4. The van der Waals surface area contributed by atoms with Crippen LogP contribution in [0.15, 0.2) is 30.3 Å². The first-order valence-corrected chi connectivity index (χ1v) is 10.9. The van der Waals surface area contributed by atoms with Crippen molar-refractivity contribution in [2.75, 3.05) is 20.2 Å². The van der Waals surface area contributed by atoms with Crippen LogP contribution in [0.2, 0.25) is 3.93 Å². The number of ether oxygens (including phenoxy) is 1. The Labute approximate surface area is 151 Å². The molecule has 0 aliphatic carbocycles. The molecule has 1 rings (SSSR count). The van der Waals surface area contributed by atoms with Gasteiger partial charge in [0.05, 0.1) is 0 Å². The van der Waals surface area contributed by atoms with E-state index in [1.807, 2.05) is 6.07 Å². The zero-order chi connectivity index (χ0) is 17.7. The fraction of sp³-hybridized carbons (Fsp3) is 0.400. The number of benzene rings is 1. The number of carbonyl (C=O) groups excluding carboxylic acids is 2. The van der Waals surface area contributed by atoms with E-state index in [9.17, 15) is 9.59 Å². The van der Waals surface area contributed by atoms with Crippen LogP contribution in [0.3, 0.4) is 0 Å². The molecule has 0 saturated carbocycles. The first-order chi connectivity index (χ1) is 10.9. The molecule has 23 heavy (non-hydrogen) atoms. The second kappa shape index (κ2) is 13.0. The van der Waals surface area contributed by atoms with Crippen LogP contribution in [-0.4, -0.2) is 49.2 Å². The van der Waals surface area contributed by atoms with Gasteiger partial charge in [0, 0.05) is 6.92 Å². The standard InChI is InChI=1S/C13H17N2O3.C2H4O2.Hg/c1-10(18-2)8-14-12(16)9-15-13(17)11-6-4-3-5-7-11;1-2(3)4;/h3-7,10H,1,8-9H2,2H3,(H,14,16)(H,15,17);1H3,(H,3,4);. The Morgan fingerprint density at radius 1 is 1.22 bits per heavy atom. The normalized spacial score (nSPS) is 10.8. The Kier molecular flexibility index (Phi) is 12.2. The van der Waals surface area contributed by atoms with Crippen molar-refractivity contribution in [2.24, 2.45) is 0 Å². The third-order valence-electron chi connectivity index (χ3n) is 2.63. The predicted molar refractivity (Wildman–Crippen MR) is 80.7 cm³/mol. The van der Waals surface area contributed by atoms with E-state index < -0.39 is 5.97 Å². The predicted octanol–water partition coefficient (Wildman–Crippen LogP) is 0.604. The molecule has 3 N–H and O–H groups in total. The molecule has 1 unspecified atom stereocenters. The molecule has 0 saturated heterocycles. The van der Waals surface area contributed by atoms with Gasteiger partial charge < -0.3 is 5.11 Å². The molecular formula is C15H21HgN2O5. The molecule has 8 heteroatoms. The van der Waals surface area contributed by atoms with Gasteiger partial charge in [-0.05, 0) is 0 Å². The minimum atomic E-state index is -0.833. The van der Waals surface area contributed by atoms with Crippen molar-refractivity contribution >= 4 is 17.8 Å². The van der Waals surface area contributed by atoms with Gasteiger partial charge in [-0.15, -0.1) is 0 Å². The molecule has 2 amide bonds. The molecule has 1 atom stereocenters. The summed E-state index contributed by atoms with van der Waals surface area (Å²) in [5.41, 5.74) is 0.548. The van der Waals surface area contributed by atoms with Crippen molar-refractivity contribution in [1.82, 2.24) is 10.6 Å². The van der Waals surface area contributed by atoms with Gasteiger partial charge in [-0.1, -0.05) is 0 Å². The maximum atomic E-state index is 11.7. The van der Waals surface area contributed by atoms with Crippen LogP contribution in [-0.2, 0) is 40.4 Å². The van der Waals surface area contributed by atoms with Crippen LogP contribution in [0, 0.1) is 0 Å². The van der Waals surface area contributed by atoms with E-state index in [1.54, 1.807) is 31.4 Å². The summed E-state index contributed by atoms with van der Waals surface area (Å²) in [6, 6.07) is 8.81. The van der Waals surface area contributed by atoms with E-state index in [4.69, 9.17) is 14.6 Å². The molecule has 0 spiro atoms. The van der Waals surface area contributed by atoms with Crippen molar-refractivity contribution in [2.45, 2.75) is 17.0 Å². The van der Waals surface area contributed by atoms with E-state index in [1.165, 1.54) is 0 Å². The van der Waals surface area contributed by atoms with Crippen molar-refractivity contribution < 1.29 is 50.3 Å². The van der Waals surface area contributed by atoms with Crippen LogP contribution in [0.25, 0.3) is 0 Å². The van der Waals surface area contributed by atoms with Crippen molar-refractivity contribution in [3.63, 3.8) is 0 Å². The summed E-state index contributed by atoms with van der Waals surface area (Å²) < 4.78 is 6.21. The van der Waals surface area contributed by atoms with Crippen LogP contribution in [0.5, 0.6) is 0 Å². The fourth-order valence-corrected chi connectivity index (χ4v) is 3.16. The third kappa shape index (κ3) is 11.7. The van der Waals surface area contributed by atoms with E-state index in [0.29, 0.717) is 38.2 Å². The summed E-state index contributed by atoms with van der Waals surface area (Å²) in [7, 11) is 1.64. The molecule has 0 aliphatic rings. The Morgan fingerprint density at radius 3 is 2.26 bits per heavy atom. The summed E-state index contributed by atoms with van der Waals surface area (Å²) in [4.78, 5) is 32.2. The van der Waals surface area contributed by atoms with Gasteiger partial charge in [0.2, 0.25) is 0 Å². The summed E-state index contributed by atoms with van der Waals surface area (Å²) in [6.45, 7) is 1.57. The summed E-state index contributed by atoms with van der Waals surface area (Å²) in [5.74, 6) is -1.28. The Hall–Kier alpha value is -1.47. The summed E-state index contributed by atoms with van der Waals surface area (Å²) >= 11 is 0.647. The number of carboxylic acid groups (broad SMARTS) is 1. The zero-order valence-corrected chi connectivity index (χ0v) is 18.9. The summed E-state index contributed by atoms with van der Waals surface area (Å²) in [5, 5.41) is 12.7. The maximum absolute atomic E-state index is 11.7. The monoisotopic (exact) mass is 511 g/mol. The quantitative estimate of drug-likeness (QED) is 0.467. The molecule has 1 aromatic rings. The second-order valence-electron chi connectivity index (χ2n) is 4.52. The first-order valence-electron chi connectivity index (χ1n) is 7.02. The van der Waals surface area contributed by atoms with Gasteiger partial charge in [0.25, 0.3) is 5.97 Å². The molecule has 0 bridgehead atoms. The molecule has 0 heterocycles. The van der Waals surface area contributed by atoms with Crippen LogP contribution in [0.4, 0.5) is 0 Å². The van der Waals surface area contributed by atoms with Gasteiger partial charge in [0.15, 0.2) is 0 Å². The topological polar surface area (TPSA) is 105 Å². The number of rotatable bonds is 7. The van der Waals surface area contributed by atoms with Crippen molar-refractivity contribution in [3.05, 3.63) is 35.9 Å². The molecule has 0 fully saturated rings. The van der Waals surface area contributed by atoms with Gasteiger partial charge >= 0.3 is 129 Å². The average Bonchev–Trinajstić information content (AvgIpc) is 2.54. The third-order valence-corrected chi connectivity index (χ3v) is 5.13. The molecule has 1 aromatic carbocycles. The van der Waals surface area contributed by atoms with Gasteiger partial charge in [0.1, 0.15) is 0 Å². The number of carboxylic acids is 1. The molecular weight excluding hydrogens is 489 g/mol. The molecule has 0 radical (unpaired) electrons. The number of methoxy groups -OCH3 is 1.